The van der Waals surface area contributed by atoms with Crippen LogP contribution in [-0.2, 0) is 0 Å². The van der Waals surface area contributed by atoms with Crippen LogP contribution in [0.2, 0.25) is 0 Å². The third kappa shape index (κ3) is 3.69. The van der Waals surface area contributed by atoms with E-state index in [9.17, 15) is 0 Å². The lowest BCUT2D eigenvalue weighted by Gasteiger charge is -2.20. The lowest BCUT2D eigenvalue weighted by molar-refractivity contribution is 1.35. The molecule has 0 atom stereocenters. The van der Waals surface area contributed by atoms with Crippen molar-refractivity contribution in [1.82, 2.24) is 0 Å². The molecule has 38 heavy (non-hydrogen) atoms. The maximum absolute atomic E-state index is 2.41. The molecular weight excluding hydrogens is 456 g/mol. The molecule has 1 aliphatic rings. The molecule has 0 aliphatic heterocycles. The minimum Gasteiger partial charge on any atom is -0.0798 e. The zero-order valence-corrected chi connectivity index (χ0v) is 21.5. The van der Waals surface area contributed by atoms with E-state index in [0.29, 0.717) is 0 Å². The number of hydrogen-bond acceptors (Lipinski definition) is 0. The highest BCUT2D eigenvalue weighted by Gasteiger charge is 2.18. The van der Waals surface area contributed by atoms with Gasteiger partial charge in [-0.15, -0.1) is 0 Å². The molecule has 0 amide bonds. The Morgan fingerprint density at radius 3 is 1.89 bits per heavy atom. The van der Waals surface area contributed by atoms with E-state index >= 15 is 0 Å². The van der Waals surface area contributed by atoms with E-state index in [2.05, 4.69) is 146 Å². The molecular formula is C38H28. The number of benzene rings is 6. The summed E-state index contributed by atoms with van der Waals surface area (Å²) < 4.78 is 0. The second-order valence-corrected chi connectivity index (χ2v) is 10.0. The van der Waals surface area contributed by atoms with Gasteiger partial charge in [0.2, 0.25) is 0 Å². The Balaban J connectivity index is 1.57. The number of allylic oxidation sites excluding steroid dienone is 4. The Kier molecular flexibility index (Phi) is 5.52. The van der Waals surface area contributed by atoms with Crippen molar-refractivity contribution in [1.29, 1.82) is 0 Å². The first-order chi connectivity index (χ1) is 18.8. The fourth-order valence-electron chi connectivity index (χ4n) is 6.09. The Morgan fingerprint density at radius 1 is 0.579 bits per heavy atom. The van der Waals surface area contributed by atoms with E-state index in [1.807, 2.05) is 0 Å². The number of rotatable bonds is 2. The van der Waals surface area contributed by atoms with Crippen molar-refractivity contribution in [3.8, 4) is 11.1 Å². The molecule has 0 heteroatoms. The zero-order valence-electron chi connectivity index (χ0n) is 21.5. The van der Waals surface area contributed by atoms with Crippen LogP contribution >= 0.6 is 0 Å². The van der Waals surface area contributed by atoms with Crippen LogP contribution in [0.5, 0.6) is 0 Å². The van der Waals surface area contributed by atoms with Crippen LogP contribution in [0.4, 0.5) is 0 Å². The predicted molar refractivity (Wildman–Crippen MR) is 165 cm³/mol. The van der Waals surface area contributed by atoms with Crippen molar-refractivity contribution < 1.29 is 0 Å². The first kappa shape index (κ1) is 22.5. The number of fused-ring (bicyclic) bond motifs is 3. The van der Waals surface area contributed by atoms with Crippen LogP contribution in [-0.4, -0.2) is 0 Å². The van der Waals surface area contributed by atoms with E-state index in [-0.39, 0.29) is 0 Å². The highest BCUT2D eigenvalue weighted by Crippen LogP contribution is 2.43. The molecule has 180 valence electrons. The summed E-state index contributed by atoms with van der Waals surface area (Å²) in [6.45, 7) is 2.12. The smallest absolute Gasteiger partial charge is 0.00262 e. The molecule has 6 aromatic carbocycles. The molecule has 7 rings (SSSR count). The molecule has 0 unspecified atom stereocenters. The van der Waals surface area contributed by atoms with E-state index < -0.39 is 0 Å². The molecule has 0 fully saturated rings. The zero-order chi connectivity index (χ0) is 25.5. The monoisotopic (exact) mass is 484 g/mol. The second-order valence-electron chi connectivity index (χ2n) is 10.0. The first-order valence-corrected chi connectivity index (χ1v) is 13.4. The van der Waals surface area contributed by atoms with Gasteiger partial charge in [0.15, 0.2) is 0 Å². The van der Waals surface area contributed by atoms with Gasteiger partial charge in [0.05, 0.1) is 0 Å². The van der Waals surface area contributed by atoms with Gasteiger partial charge in [-0.05, 0) is 90.0 Å². The van der Waals surface area contributed by atoms with Gasteiger partial charge in [-0.2, -0.15) is 0 Å². The third-order valence-electron chi connectivity index (χ3n) is 7.84. The number of hydrogen-bond donors (Lipinski definition) is 0. The van der Waals surface area contributed by atoms with Crippen LogP contribution in [0.1, 0.15) is 18.9 Å². The van der Waals surface area contributed by atoms with Crippen LogP contribution < -0.4 is 10.4 Å². The van der Waals surface area contributed by atoms with E-state index in [0.717, 1.165) is 6.42 Å². The fourth-order valence-corrected chi connectivity index (χ4v) is 6.09. The van der Waals surface area contributed by atoms with Crippen LogP contribution in [0.3, 0.4) is 0 Å². The largest absolute Gasteiger partial charge is 0.0798 e. The third-order valence-corrected chi connectivity index (χ3v) is 7.84. The molecule has 0 heterocycles. The summed E-state index contributed by atoms with van der Waals surface area (Å²) in [6, 6.07) is 42.0. The Labute approximate surface area is 223 Å². The highest BCUT2D eigenvalue weighted by molar-refractivity contribution is 6.20. The first-order valence-electron chi connectivity index (χ1n) is 13.4. The van der Waals surface area contributed by atoms with Gasteiger partial charge in [0.1, 0.15) is 0 Å². The summed E-state index contributed by atoms with van der Waals surface area (Å²) in [5.41, 5.74) is 6.52. The topological polar surface area (TPSA) is 0 Å². The lowest BCUT2D eigenvalue weighted by Crippen LogP contribution is -2.26. The maximum atomic E-state index is 2.41. The molecule has 0 radical (unpaired) electrons. The van der Waals surface area contributed by atoms with Crippen LogP contribution in [0.25, 0.3) is 60.7 Å². The Bertz CT molecular complexity index is 1990. The van der Waals surface area contributed by atoms with Gasteiger partial charge < -0.3 is 0 Å². The van der Waals surface area contributed by atoms with Crippen molar-refractivity contribution in [2.45, 2.75) is 13.3 Å². The predicted octanol–water partition coefficient (Wildman–Crippen LogP) is 8.81. The van der Waals surface area contributed by atoms with Crippen molar-refractivity contribution in [3.05, 3.63) is 149 Å². The molecule has 0 aromatic heterocycles. The van der Waals surface area contributed by atoms with Gasteiger partial charge in [-0.3, -0.25) is 0 Å². The van der Waals surface area contributed by atoms with Gasteiger partial charge in [0, 0.05) is 0 Å². The summed E-state index contributed by atoms with van der Waals surface area (Å²) in [6.07, 6.45) is 10.2. The SMILES string of the molecule is CC=c1ccccc1=C1C=C(c2c3ccccc3c(-c3ccc4ccccc4c3)c3ccccc23)C=CC1. The standard InChI is InChI=1S/C38H28/c1-2-26-12-5-6-17-32(26)29-15-11-16-30(25-29)37-33-18-7-9-20-35(33)38(36-21-10-8-19-34(36)37)31-23-22-27-13-3-4-14-28(27)24-31/h2-14,16-25H,15H2,1H3. The maximum Gasteiger partial charge on any atom is -0.00262 e. The summed E-state index contributed by atoms with van der Waals surface area (Å²) >= 11 is 0. The lowest BCUT2D eigenvalue weighted by atomic mass is 9.84. The minimum absolute atomic E-state index is 0.944. The average molecular weight is 485 g/mol. The second kappa shape index (κ2) is 9.32. The fraction of sp³-hybridized carbons (Fsp3) is 0.0526. The Morgan fingerprint density at radius 2 is 1.18 bits per heavy atom. The highest BCUT2D eigenvalue weighted by atomic mass is 14.2. The van der Waals surface area contributed by atoms with Crippen molar-refractivity contribution in [2.75, 3.05) is 0 Å². The van der Waals surface area contributed by atoms with Crippen molar-refractivity contribution in [2.24, 2.45) is 0 Å². The van der Waals surface area contributed by atoms with Crippen LogP contribution in [0, 0.1) is 0 Å². The van der Waals surface area contributed by atoms with Gasteiger partial charge >= 0.3 is 0 Å². The molecule has 1 aliphatic carbocycles. The summed E-state index contributed by atoms with van der Waals surface area (Å²) in [7, 11) is 0. The van der Waals surface area contributed by atoms with Crippen molar-refractivity contribution in [3.63, 3.8) is 0 Å². The minimum atomic E-state index is 0.944. The molecule has 0 saturated heterocycles. The summed E-state index contributed by atoms with van der Waals surface area (Å²) in [4.78, 5) is 0. The molecule has 0 N–H and O–H groups in total. The van der Waals surface area contributed by atoms with Crippen LogP contribution in [0.15, 0.2) is 133 Å². The summed E-state index contributed by atoms with van der Waals surface area (Å²) in [5, 5.41) is 10.3. The van der Waals surface area contributed by atoms with E-state index in [1.54, 1.807) is 0 Å². The molecule has 0 bridgehead atoms. The van der Waals surface area contributed by atoms with Gasteiger partial charge in [-0.25, -0.2) is 0 Å². The van der Waals surface area contributed by atoms with E-state index in [4.69, 9.17) is 0 Å². The Hall–Kier alpha value is -4.68. The van der Waals surface area contributed by atoms with Gasteiger partial charge in [0.25, 0.3) is 0 Å². The molecule has 0 spiro atoms. The van der Waals surface area contributed by atoms with Gasteiger partial charge in [-0.1, -0.05) is 133 Å². The summed E-state index contributed by atoms with van der Waals surface area (Å²) in [5.74, 6) is 0. The average Bonchev–Trinajstić information content (AvgIpc) is 2.99. The molecule has 0 nitrogen and oxygen atoms in total. The quantitative estimate of drug-likeness (QED) is 0.215. The normalized spacial score (nSPS) is 15.4. The van der Waals surface area contributed by atoms with Crippen molar-refractivity contribution >= 4 is 49.5 Å². The van der Waals surface area contributed by atoms with E-state index in [1.165, 1.54) is 70.6 Å². The molecule has 6 aromatic rings. The molecule has 0 saturated carbocycles.